The summed E-state index contributed by atoms with van der Waals surface area (Å²) < 4.78 is 0. The minimum absolute atomic E-state index is 0.0891. The van der Waals surface area contributed by atoms with E-state index in [0.29, 0.717) is 11.0 Å². The van der Waals surface area contributed by atoms with Crippen molar-refractivity contribution in [2.24, 2.45) is 0 Å². The second kappa shape index (κ2) is 5.54. The van der Waals surface area contributed by atoms with E-state index >= 15 is 0 Å². The van der Waals surface area contributed by atoms with Crippen LogP contribution in [0.3, 0.4) is 0 Å². The Bertz CT molecular complexity index is 596. The third-order valence-corrected chi connectivity index (χ3v) is 4.14. The second-order valence-electron chi connectivity index (χ2n) is 4.82. The average Bonchev–Trinajstić information content (AvgIpc) is 3.20. The van der Waals surface area contributed by atoms with Gasteiger partial charge in [0.15, 0.2) is 0 Å². The van der Waals surface area contributed by atoms with E-state index in [1.54, 1.807) is 12.4 Å². The van der Waals surface area contributed by atoms with E-state index in [-0.39, 0.29) is 12.1 Å². The molecule has 1 aliphatic carbocycles. The summed E-state index contributed by atoms with van der Waals surface area (Å²) in [6.07, 6.45) is 5.77. The standard InChI is InChI=1S/C13H15N5OS/c1-8(9-4-6-14-7-5-9)15-12(19)16-13-18-17-11(20-13)10-2-3-10/h4-8,10H,2-3H2,1H3,(H2,15,16,18,19)/t8-/m0/s1. The molecule has 0 radical (unpaired) electrons. The fourth-order valence-electron chi connectivity index (χ4n) is 1.85. The number of hydrogen-bond acceptors (Lipinski definition) is 5. The molecular formula is C13H15N5OS. The lowest BCUT2D eigenvalue weighted by Gasteiger charge is -2.13. The number of carbonyl (C=O) groups excluding carboxylic acids is 1. The van der Waals surface area contributed by atoms with E-state index in [1.807, 2.05) is 19.1 Å². The molecule has 2 amide bonds. The quantitative estimate of drug-likeness (QED) is 0.907. The van der Waals surface area contributed by atoms with Crippen molar-refractivity contribution in [1.82, 2.24) is 20.5 Å². The smallest absolute Gasteiger partial charge is 0.321 e. The van der Waals surface area contributed by atoms with E-state index in [4.69, 9.17) is 0 Å². The Hall–Kier alpha value is -2.02. The fraction of sp³-hybridized carbons (Fsp3) is 0.385. The lowest BCUT2D eigenvalue weighted by atomic mass is 10.1. The highest BCUT2D eigenvalue weighted by Crippen LogP contribution is 2.41. The van der Waals surface area contributed by atoms with Gasteiger partial charge < -0.3 is 5.32 Å². The highest BCUT2D eigenvalue weighted by molar-refractivity contribution is 7.15. The molecule has 0 spiro atoms. The molecule has 0 aromatic carbocycles. The van der Waals surface area contributed by atoms with Crippen molar-refractivity contribution in [2.45, 2.75) is 31.7 Å². The molecule has 104 valence electrons. The van der Waals surface area contributed by atoms with Gasteiger partial charge in [-0.3, -0.25) is 10.3 Å². The predicted octanol–water partition coefficient (Wildman–Crippen LogP) is 2.69. The number of anilines is 1. The molecule has 0 unspecified atom stereocenters. The van der Waals surface area contributed by atoms with Crippen LogP contribution < -0.4 is 10.6 Å². The molecule has 0 bridgehead atoms. The monoisotopic (exact) mass is 289 g/mol. The van der Waals surface area contributed by atoms with Gasteiger partial charge in [-0.05, 0) is 37.5 Å². The van der Waals surface area contributed by atoms with E-state index < -0.39 is 0 Å². The Balaban J connectivity index is 1.56. The van der Waals surface area contributed by atoms with Crippen molar-refractivity contribution in [2.75, 3.05) is 5.32 Å². The molecule has 7 heteroatoms. The molecule has 20 heavy (non-hydrogen) atoms. The first kappa shape index (κ1) is 13.0. The number of hydrogen-bond donors (Lipinski definition) is 2. The zero-order valence-electron chi connectivity index (χ0n) is 11.0. The normalized spacial score (nSPS) is 15.7. The maximum atomic E-state index is 11.9. The van der Waals surface area contributed by atoms with Crippen molar-refractivity contribution >= 4 is 22.5 Å². The van der Waals surface area contributed by atoms with Gasteiger partial charge in [-0.15, -0.1) is 10.2 Å². The summed E-state index contributed by atoms with van der Waals surface area (Å²) in [7, 11) is 0. The molecule has 6 nitrogen and oxygen atoms in total. The third-order valence-electron chi connectivity index (χ3n) is 3.14. The maximum absolute atomic E-state index is 11.9. The van der Waals surface area contributed by atoms with Crippen LogP contribution in [0.5, 0.6) is 0 Å². The van der Waals surface area contributed by atoms with Crippen molar-refractivity contribution in [1.29, 1.82) is 0 Å². The second-order valence-corrected chi connectivity index (χ2v) is 5.83. The minimum Gasteiger partial charge on any atom is -0.331 e. The number of nitrogens with zero attached hydrogens (tertiary/aromatic N) is 3. The van der Waals surface area contributed by atoms with Gasteiger partial charge in [0.25, 0.3) is 0 Å². The summed E-state index contributed by atoms with van der Waals surface area (Å²) in [5.74, 6) is 0.557. The summed E-state index contributed by atoms with van der Waals surface area (Å²) in [5, 5.41) is 15.2. The first-order chi connectivity index (χ1) is 9.72. The van der Waals surface area contributed by atoms with Crippen LogP contribution in [0.15, 0.2) is 24.5 Å². The molecule has 1 atom stereocenters. The molecule has 1 fully saturated rings. The molecule has 1 saturated carbocycles. The highest BCUT2D eigenvalue weighted by atomic mass is 32.1. The van der Waals surface area contributed by atoms with E-state index in [0.717, 1.165) is 10.6 Å². The van der Waals surface area contributed by atoms with Crippen molar-refractivity contribution in [3.8, 4) is 0 Å². The molecule has 3 rings (SSSR count). The first-order valence-corrected chi connectivity index (χ1v) is 7.35. The van der Waals surface area contributed by atoms with Gasteiger partial charge in [0.05, 0.1) is 6.04 Å². The maximum Gasteiger partial charge on any atom is 0.321 e. The van der Waals surface area contributed by atoms with Crippen LogP contribution in [0.2, 0.25) is 0 Å². The third kappa shape index (κ3) is 3.11. The number of nitrogens with one attached hydrogen (secondary N) is 2. The molecule has 2 N–H and O–H groups in total. The molecule has 2 aromatic heterocycles. The van der Waals surface area contributed by atoms with Gasteiger partial charge in [0.2, 0.25) is 5.13 Å². The zero-order valence-corrected chi connectivity index (χ0v) is 11.9. The Morgan fingerprint density at radius 1 is 1.35 bits per heavy atom. The van der Waals surface area contributed by atoms with Gasteiger partial charge in [0.1, 0.15) is 5.01 Å². The highest BCUT2D eigenvalue weighted by Gasteiger charge is 2.27. The van der Waals surface area contributed by atoms with Gasteiger partial charge in [-0.1, -0.05) is 11.3 Å². The topological polar surface area (TPSA) is 79.8 Å². The van der Waals surface area contributed by atoms with Crippen molar-refractivity contribution in [3.63, 3.8) is 0 Å². The Labute approximate surface area is 120 Å². The first-order valence-electron chi connectivity index (χ1n) is 6.53. The number of rotatable bonds is 4. The zero-order chi connectivity index (χ0) is 13.9. The van der Waals surface area contributed by atoms with Gasteiger partial charge >= 0.3 is 6.03 Å². The summed E-state index contributed by atoms with van der Waals surface area (Å²) in [6, 6.07) is 3.39. The van der Waals surface area contributed by atoms with Crippen LogP contribution in [-0.2, 0) is 0 Å². The van der Waals surface area contributed by atoms with Gasteiger partial charge in [-0.2, -0.15) is 0 Å². The molecule has 0 aliphatic heterocycles. The molecule has 0 saturated heterocycles. The predicted molar refractivity (Wildman–Crippen MR) is 76.7 cm³/mol. The molecule has 2 heterocycles. The van der Waals surface area contributed by atoms with Crippen LogP contribution in [0.4, 0.5) is 9.93 Å². The molecule has 1 aliphatic rings. The summed E-state index contributed by atoms with van der Waals surface area (Å²) in [6.45, 7) is 1.92. The van der Waals surface area contributed by atoms with Crippen LogP contribution in [0.1, 0.15) is 42.3 Å². The van der Waals surface area contributed by atoms with E-state index in [1.165, 1.54) is 24.2 Å². The summed E-state index contributed by atoms with van der Waals surface area (Å²) in [4.78, 5) is 15.8. The Morgan fingerprint density at radius 2 is 2.10 bits per heavy atom. The lowest BCUT2D eigenvalue weighted by molar-refractivity contribution is 0.249. The molecular weight excluding hydrogens is 274 g/mol. The number of pyridine rings is 1. The van der Waals surface area contributed by atoms with Gasteiger partial charge in [-0.25, -0.2) is 4.79 Å². The number of amides is 2. The summed E-state index contributed by atoms with van der Waals surface area (Å²) >= 11 is 1.45. The van der Waals surface area contributed by atoms with Crippen molar-refractivity contribution in [3.05, 3.63) is 35.1 Å². The number of carbonyl (C=O) groups is 1. The van der Waals surface area contributed by atoms with Crippen LogP contribution in [-0.4, -0.2) is 21.2 Å². The largest absolute Gasteiger partial charge is 0.331 e. The Kier molecular flexibility index (Phi) is 3.60. The fourth-order valence-corrected chi connectivity index (χ4v) is 2.75. The van der Waals surface area contributed by atoms with Crippen LogP contribution in [0.25, 0.3) is 0 Å². The van der Waals surface area contributed by atoms with Crippen LogP contribution in [0, 0.1) is 0 Å². The number of urea groups is 1. The average molecular weight is 289 g/mol. The SMILES string of the molecule is C[C@H](NC(=O)Nc1nnc(C2CC2)s1)c1ccncc1. The lowest BCUT2D eigenvalue weighted by Crippen LogP contribution is -2.31. The molecule has 2 aromatic rings. The van der Waals surface area contributed by atoms with Gasteiger partial charge in [0, 0.05) is 18.3 Å². The van der Waals surface area contributed by atoms with E-state index in [9.17, 15) is 4.79 Å². The van der Waals surface area contributed by atoms with Crippen LogP contribution >= 0.6 is 11.3 Å². The number of aromatic nitrogens is 3. The van der Waals surface area contributed by atoms with Crippen molar-refractivity contribution < 1.29 is 4.79 Å². The summed E-state index contributed by atoms with van der Waals surface area (Å²) in [5.41, 5.74) is 1.01. The Morgan fingerprint density at radius 3 is 2.80 bits per heavy atom. The minimum atomic E-state index is -0.271. The van der Waals surface area contributed by atoms with E-state index in [2.05, 4.69) is 25.8 Å².